The fourth-order valence-electron chi connectivity index (χ4n) is 8.83. The van der Waals surface area contributed by atoms with Crippen molar-refractivity contribution in [3.05, 3.63) is 224 Å². The summed E-state index contributed by atoms with van der Waals surface area (Å²) in [7, 11) is 0. The molecule has 0 amide bonds. The van der Waals surface area contributed by atoms with Gasteiger partial charge in [0.15, 0.2) is 0 Å². The van der Waals surface area contributed by atoms with Gasteiger partial charge in [0, 0.05) is 17.1 Å². The molecular weight excluding hydrogens is 706 g/mol. The molecule has 2 heteroatoms. The Morgan fingerprint density at radius 1 is 0.259 bits per heavy atom. The van der Waals surface area contributed by atoms with Gasteiger partial charge in [-0.1, -0.05) is 152 Å². The summed E-state index contributed by atoms with van der Waals surface area (Å²) < 4.78 is 14.2. The zero-order chi connectivity index (χ0) is 38.6. The van der Waals surface area contributed by atoms with Gasteiger partial charge in [0.2, 0.25) is 0 Å². The fraction of sp³-hybridized carbons (Fsp3) is 0. The van der Waals surface area contributed by atoms with Crippen LogP contribution in [0.15, 0.2) is 218 Å². The lowest BCUT2D eigenvalue weighted by molar-refractivity contribution is 0.628. The van der Waals surface area contributed by atoms with Crippen molar-refractivity contribution in [3.63, 3.8) is 0 Å². The molecule has 0 fully saturated rings. The number of hydrogen-bond acceptors (Lipinski definition) is 1. The third-order valence-corrected chi connectivity index (χ3v) is 11.6. The molecule has 0 saturated carbocycles. The fourth-order valence-corrected chi connectivity index (χ4v) is 8.83. The van der Waals surface area contributed by atoms with Crippen LogP contribution in [-0.4, -0.2) is 0 Å². The van der Waals surface area contributed by atoms with Gasteiger partial charge in [-0.3, -0.25) is 0 Å². The summed E-state index contributed by atoms with van der Waals surface area (Å²) in [5, 5.41) is 12.1. The van der Waals surface area contributed by atoms with E-state index in [4.69, 9.17) is 0 Å². The topological polar surface area (TPSA) is 3.24 Å². The Kier molecular flexibility index (Phi) is 8.08. The highest BCUT2D eigenvalue weighted by atomic mass is 19.1. The van der Waals surface area contributed by atoms with E-state index in [0.29, 0.717) is 0 Å². The molecule has 1 nitrogen and oxygen atoms in total. The van der Waals surface area contributed by atoms with Crippen LogP contribution in [-0.2, 0) is 0 Å². The molecule has 0 unspecified atom stereocenters. The van der Waals surface area contributed by atoms with Crippen molar-refractivity contribution in [2.24, 2.45) is 0 Å². The van der Waals surface area contributed by atoms with Crippen molar-refractivity contribution in [1.82, 2.24) is 0 Å². The maximum absolute atomic E-state index is 14.2. The number of rotatable bonds is 6. The van der Waals surface area contributed by atoms with Gasteiger partial charge >= 0.3 is 0 Å². The number of anilines is 3. The molecule has 0 aliphatic rings. The van der Waals surface area contributed by atoms with Gasteiger partial charge in [-0.15, -0.1) is 0 Å². The lowest BCUT2D eigenvalue weighted by Crippen LogP contribution is -2.09. The SMILES string of the molecule is Fc1ccc(N(c2ccc(-c3ccc4c(-c5ccc6ccccc6c5)c5ccccc5c(-c5ccc6ccccc6c5)c4c3)cc2)c2ccc3ccccc3c2)cc1. The highest BCUT2D eigenvalue weighted by Gasteiger charge is 2.19. The highest BCUT2D eigenvalue weighted by Crippen LogP contribution is 2.46. The van der Waals surface area contributed by atoms with E-state index in [1.807, 2.05) is 12.1 Å². The molecule has 0 N–H and O–H groups in total. The average Bonchev–Trinajstić information content (AvgIpc) is 3.28. The predicted octanol–water partition coefficient (Wildman–Crippen LogP) is 16.1. The quantitative estimate of drug-likeness (QED) is 0.153. The summed E-state index contributed by atoms with van der Waals surface area (Å²) in [4.78, 5) is 2.19. The summed E-state index contributed by atoms with van der Waals surface area (Å²) in [6.07, 6.45) is 0. The molecule has 0 aliphatic carbocycles. The van der Waals surface area contributed by atoms with Crippen LogP contribution in [0.4, 0.5) is 21.5 Å². The first-order chi connectivity index (χ1) is 28.6. The Morgan fingerprint density at radius 3 is 1.22 bits per heavy atom. The minimum absolute atomic E-state index is 0.256. The van der Waals surface area contributed by atoms with E-state index in [-0.39, 0.29) is 5.82 Å². The minimum atomic E-state index is -0.256. The van der Waals surface area contributed by atoms with Crippen molar-refractivity contribution in [1.29, 1.82) is 0 Å². The normalized spacial score (nSPS) is 11.5. The maximum Gasteiger partial charge on any atom is 0.123 e. The van der Waals surface area contributed by atoms with Crippen LogP contribution in [0.1, 0.15) is 0 Å². The van der Waals surface area contributed by atoms with Gasteiger partial charge in [-0.25, -0.2) is 4.39 Å². The van der Waals surface area contributed by atoms with Crippen molar-refractivity contribution in [2.75, 3.05) is 4.90 Å². The molecule has 0 aliphatic heterocycles. The van der Waals surface area contributed by atoms with Gasteiger partial charge in [-0.05, 0) is 154 Å². The van der Waals surface area contributed by atoms with Crippen LogP contribution < -0.4 is 4.90 Å². The molecule has 11 aromatic carbocycles. The zero-order valence-corrected chi connectivity index (χ0v) is 31.6. The van der Waals surface area contributed by atoms with E-state index in [1.165, 1.54) is 82.9 Å². The summed E-state index contributed by atoms with van der Waals surface area (Å²) in [6, 6.07) is 77.1. The van der Waals surface area contributed by atoms with Gasteiger partial charge in [0.05, 0.1) is 0 Å². The van der Waals surface area contributed by atoms with Crippen molar-refractivity contribution >= 4 is 70.9 Å². The van der Waals surface area contributed by atoms with E-state index < -0.39 is 0 Å². The second-order valence-electron chi connectivity index (χ2n) is 15.1. The second kappa shape index (κ2) is 13.9. The first-order valence-electron chi connectivity index (χ1n) is 19.8. The molecule has 0 saturated heterocycles. The van der Waals surface area contributed by atoms with Gasteiger partial charge in [0.25, 0.3) is 0 Å². The van der Waals surface area contributed by atoms with E-state index in [0.717, 1.165) is 33.6 Å². The first-order valence-corrected chi connectivity index (χ1v) is 19.8. The van der Waals surface area contributed by atoms with E-state index in [2.05, 4.69) is 199 Å². The largest absolute Gasteiger partial charge is 0.310 e. The van der Waals surface area contributed by atoms with Crippen molar-refractivity contribution < 1.29 is 4.39 Å². The Labute approximate surface area is 336 Å². The summed E-state index contributed by atoms with van der Waals surface area (Å²) in [5.74, 6) is -0.256. The molecule has 58 heavy (non-hydrogen) atoms. The number of hydrogen-bond donors (Lipinski definition) is 0. The third-order valence-electron chi connectivity index (χ3n) is 11.6. The maximum atomic E-state index is 14.2. The van der Waals surface area contributed by atoms with Crippen molar-refractivity contribution in [3.8, 4) is 33.4 Å². The molecule has 0 bridgehead atoms. The molecular formula is C56H36FN. The highest BCUT2D eigenvalue weighted by molar-refractivity contribution is 6.22. The Bertz CT molecular complexity index is 3350. The van der Waals surface area contributed by atoms with Crippen LogP contribution in [0.5, 0.6) is 0 Å². The lowest BCUT2D eigenvalue weighted by Gasteiger charge is -2.26. The second-order valence-corrected chi connectivity index (χ2v) is 15.1. The number of benzene rings is 11. The molecule has 11 aromatic rings. The van der Waals surface area contributed by atoms with E-state index >= 15 is 0 Å². The van der Waals surface area contributed by atoms with Crippen LogP contribution in [0.2, 0.25) is 0 Å². The Morgan fingerprint density at radius 2 is 0.655 bits per heavy atom. The van der Waals surface area contributed by atoms with Gasteiger partial charge in [0.1, 0.15) is 5.82 Å². The van der Waals surface area contributed by atoms with Gasteiger partial charge < -0.3 is 4.90 Å². The molecule has 272 valence electrons. The monoisotopic (exact) mass is 741 g/mol. The Balaban J connectivity index is 1.10. The smallest absolute Gasteiger partial charge is 0.123 e. The zero-order valence-electron chi connectivity index (χ0n) is 31.6. The number of halogens is 1. The number of nitrogens with zero attached hydrogens (tertiary/aromatic N) is 1. The summed E-state index contributed by atoms with van der Waals surface area (Å²) in [6.45, 7) is 0. The molecule has 0 spiro atoms. The number of fused-ring (bicyclic) bond motifs is 5. The molecule has 0 heterocycles. The van der Waals surface area contributed by atoms with E-state index in [9.17, 15) is 4.39 Å². The molecule has 11 rings (SSSR count). The van der Waals surface area contributed by atoms with Gasteiger partial charge in [-0.2, -0.15) is 0 Å². The standard InChI is InChI=1S/C56H36FN/c57-47-25-30-49(31-26-47)58(50-29-23-39-11-3-6-14-43(39)35-50)48-27-21-40(22-28-48)44-24-32-53-54(36-44)56(46-20-18-38-10-2-5-13-42(38)34-46)52-16-8-7-15-51(52)55(53)45-19-17-37-9-1-4-12-41(37)33-45/h1-36H. The molecule has 0 atom stereocenters. The minimum Gasteiger partial charge on any atom is -0.310 e. The van der Waals surface area contributed by atoms with Crippen LogP contribution in [0.3, 0.4) is 0 Å². The van der Waals surface area contributed by atoms with E-state index in [1.54, 1.807) is 0 Å². The van der Waals surface area contributed by atoms with Crippen LogP contribution in [0, 0.1) is 5.82 Å². The Hall–Kier alpha value is -7.55. The lowest BCUT2D eigenvalue weighted by atomic mass is 9.84. The third kappa shape index (κ3) is 5.86. The molecule has 0 aromatic heterocycles. The summed E-state index contributed by atoms with van der Waals surface area (Å²) >= 11 is 0. The summed E-state index contributed by atoms with van der Waals surface area (Å²) in [5.41, 5.74) is 10.0. The van der Waals surface area contributed by atoms with Crippen LogP contribution in [0.25, 0.3) is 87.2 Å². The van der Waals surface area contributed by atoms with Crippen molar-refractivity contribution in [2.45, 2.75) is 0 Å². The first kappa shape index (κ1) is 33.8. The average molecular weight is 742 g/mol. The predicted molar refractivity (Wildman–Crippen MR) is 245 cm³/mol. The van der Waals surface area contributed by atoms with Crippen LogP contribution >= 0.6 is 0 Å². The molecule has 0 radical (unpaired) electrons.